The van der Waals surface area contributed by atoms with Crippen molar-refractivity contribution in [2.75, 3.05) is 0 Å². The number of hydrazine groups is 1. The Morgan fingerprint density at radius 1 is 1.08 bits per heavy atom. The molecule has 0 radical (unpaired) electrons. The highest BCUT2D eigenvalue weighted by Crippen LogP contribution is 2.24. The van der Waals surface area contributed by atoms with E-state index in [1.165, 1.54) is 11.8 Å². The van der Waals surface area contributed by atoms with Crippen LogP contribution >= 0.6 is 11.8 Å². The predicted octanol–water partition coefficient (Wildman–Crippen LogP) is 3.67. The zero-order valence-corrected chi connectivity index (χ0v) is 14.6. The Morgan fingerprint density at radius 2 is 1.71 bits per heavy atom. The molecule has 1 unspecified atom stereocenters. The van der Waals surface area contributed by atoms with Crippen LogP contribution in [0, 0.1) is 11.6 Å². The van der Waals surface area contributed by atoms with Crippen molar-refractivity contribution >= 4 is 21.8 Å². The summed E-state index contributed by atoms with van der Waals surface area (Å²) >= 11 is 1.47. The van der Waals surface area contributed by atoms with Gasteiger partial charge in [-0.3, -0.25) is 0 Å². The monoisotopic (exact) mass is 372 g/mol. The van der Waals surface area contributed by atoms with Gasteiger partial charge in [0.15, 0.2) is 0 Å². The molecule has 0 aliphatic carbocycles. The summed E-state index contributed by atoms with van der Waals surface area (Å²) in [5.41, 5.74) is 2.73. The van der Waals surface area contributed by atoms with Gasteiger partial charge in [-0.15, -0.1) is 16.6 Å². The molecule has 0 aromatic heterocycles. The summed E-state index contributed by atoms with van der Waals surface area (Å²) in [6, 6.07) is 11.7. The van der Waals surface area contributed by atoms with E-state index in [0.717, 1.165) is 23.4 Å². The maximum atomic E-state index is 13.2. The highest BCUT2D eigenvalue weighted by molar-refractivity contribution is 8.00. The maximum absolute atomic E-state index is 13.2. The number of hydrogen-bond donors (Lipinski definition) is 2. The molecular formula is C16H18F2N2O2S2. The van der Waals surface area contributed by atoms with Crippen LogP contribution in [0.3, 0.4) is 0 Å². The molecule has 2 rings (SSSR count). The van der Waals surface area contributed by atoms with E-state index in [1.807, 2.05) is 37.3 Å². The number of rotatable bonds is 8. The molecule has 1 atom stereocenters. The fourth-order valence-corrected chi connectivity index (χ4v) is 4.11. The van der Waals surface area contributed by atoms with E-state index in [0.29, 0.717) is 12.5 Å². The van der Waals surface area contributed by atoms with Gasteiger partial charge in [-0.05, 0) is 30.7 Å². The van der Waals surface area contributed by atoms with Crippen molar-refractivity contribution in [3.63, 3.8) is 0 Å². The van der Waals surface area contributed by atoms with Crippen LogP contribution < -0.4 is 10.3 Å². The van der Waals surface area contributed by atoms with Crippen LogP contribution in [0.25, 0.3) is 0 Å². The molecule has 0 saturated carbocycles. The van der Waals surface area contributed by atoms with Gasteiger partial charge in [0.05, 0.1) is 10.3 Å². The van der Waals surface area contributed by atoms with E-state index in [-0.39, 0.29) is 5.37 Å². The molecule has 2 aromatic rings. The largest absolute Gasteiger partial charge is 0.253 e. The third-order valence-corrected chi connectivity index (χ3v) is 5.50. The Bertz CT molecular complexity index is 751. The van der Waals surface area contributed by atoms with Crippen molar-refractivity contribution in [2.24, 2.45) is 0 Å². The third kappa shape index (κ3) is 5.55. The average Bonchev–Trinajstić information content (AvgIpc) is 2.53. The van der Waals surface area contributed by atoms with Crippen LogP contribution in [-0.4, -0.2) is 13.8 Å². The van der Waals surface area contributed by atoms with Gasteiger partial charge < -0.3 is 0 Å². The zero-order valence-electron chi connectivity index (χ0n) is 13.0. The summed E-state index contributed by atoms with van der Waals surface area (Å²) in [6.45, 7) is 1.98. The topological polar surface area (TPSA) is 58.2 Å². The van der Waals surface area contributed by atoms with Crippen LogP contribution in [0.5, 0.6) is 0 Å². The molecule has 130 valence electrons. The third-order valence-electron chi connectivity index (χ3n) is 3.07. The number of halogens is 2. The Labute approximate surface area is 144 Å². The SMILES string of the molecule is CCCC(NNS(=O)(=O)c1cc(F)cc(F)c1)Sc1ccccc1. The Morgan fingerprint density at radius 3 is 2.29 bits per heavy atom. The molecule has 24 heavy (non-hydrogen) atoms. The minimum Gasteiger partial charge on any atom is -0.230 e. The second kappa shape index (κ2) is 8.57. The first kappa shape index (κ1) is 18.9. The van der Waals surface area contributed by atoms with Crippen LogP contribution in [0.2, 0.25) is 0 Å². The van der Waals surface area contributed by atoms with Crippen LogP contribution in [0.1, 0.15) is 19.8 Å². The van der Waals surface area contributed by atoms with E-state index < -0.39 is 26.6 Å². The normalized spacial score (nSPS) is 13.0. The van der Waals surface area contributed by atoms with Gasteiger partial charge in [-0.1, -0.05) is 31.5 Å². The van der Waals surface area contributed by atoms with Crippen molar-refractivity contribution in [3.8, 4) is 0 Å². The summed E-state index contributed by atoms with van der Waals surface area (Å²) in [5.74, 6) is -1.89. The van der Waals surface area contributed by atoms with Gasteiger partial charge in [0, 0.05) is 11.0 Å². The predicted molar refractivity (Wildman–Crippen MR) is 90.8 cm³/mol. The fraction of sp³-hybridized carbons (Fsp3) is 0.250. The van der Waals surface area contributed by atoms with Crippen molar-refractivity contribution in [3.05, 3.63) is 60.2 Å². The number of hydrogen-bond acceptors (Lipinski definition) is 4. The van der Waals surface area contributed by atoms with Crippen molar-refractivity contribution < 1.29 is 17.2 Å². The van der Waals surface area contributed by atoms with Crippen molar-refractivity contribution in [1.29, 1.82) is 0 Å². The standard InChI is InChI=1S/C16H18F2N2O2S2/c1-2-6-16(23-14-7-4-3-5-8-14)19-20-24(21,22)15-10-12(17)9-13(18)11-15/h3-5,7-11,16,19-20H,2,6H2,1H3. The second-order valence-corrected chi connectivity index (χ2v) is 8.02. The lowest BCUT2D eigenvalue weighted by Gasteiger charge is -2.18. The average molecular weight is 372 g/mol. The molecule has 2 N–H and O–H groups in total. The molecular weight excluding hydrogens is 354 g/mol. The quantitative estimate of drug-likeness (QED) is 0.422. The Kier molecular flexibility index (Phi) is 6.73. The molecule has 0 spiro atoms. The van der Waals surface area contributed by atoms with Gasteiger partial charge in [0.1, 0.15) is 11.6 Å². The first-order valence-corrected chi connectivity index (χ1v) is 9.72. The molecule has 0 fully saturated rings. The van der Waals surface area contributed by atoms with E-state index in [4.69, 9.17) is 0 Å². The highest BCUT2D eigenvalue weighted by Gasteiger charge is 2.18. The van der Waals surface area contributed by atoms with E-state index in [9.17, 15) is 17.2 Å². The highest BCUT2D eigenvalue weighted by atomic mass is 32.2. The molecule has 8 heteroatoms. The van der Waals surface area contributed by atoms with Crippen molar-refractivity contribution in [2.45, 2.75) is 34.9 Å². The Balaban J connectivity index is 2.07. The summed E-state index contributed by atoms with van der Waals surface area (Å²) in [7, 11) is -4.07. The van der Waals surface area contributed by atoms with Crippen LogP contribution in [0.4, 0.5) is 8.78 Å². The summed E-state index contributed by atoms with van der Waals surface area (Å²) in [4.78, 5) is 2.72. The zero-order chi connectivity index (χ0) is 17.6. The second-order valence-electron chi connectivity index (χ2n) is 5.06. The molecule has 0 saturated heterocycles. The first-order valence-electron chi connectivity index (χ1n) is 7.36. The van der Waals surface area contributed by atoms with Gasteiger partial charge >= 0.3 is 0 Å². The number of thioether (sulfide) groups is 1. The van der Waals surface area contributed by atoms with Crippen molar-refractivity contribution in [1.82, 2.24) is 10.3 Å². The molecule has 2 aromatic carbocycles. The van der Waals surface area contributed by atoms with E-state index in [2.05, 4.69) is 10.3 Å². The molecule has 0 heterocycles. The number of sulfonamides is 1. The summed E-state index contributed by atoms with van der Waals surface area (Å²) < 4.78 is 50.8. The summed E-state index contributed by atoms with van der Waals surface area (Å²) in [5, 5.41) is -0.217. The minimum atomic E-state index is -4.07. The van der Waals surface area contributed by atoms with Gasteiger partial charge in [0.25, 0.3) is 10.0 Å². The smallest absolute Gasteiger partial charge is 0.230 e. The lowest BCUT2D eigenvalue weighted by molar-refractivity contribution is 0.528. The molecule has 0 aliphatic rings. The molecule has 0 aliphatic heterocycles. The number of nitrogens with one attached hydrogen (secondary N) is 2. The Hall–Kier alpha value is -1.48. The first-order chi connectivity index (χ1) is 11.4. The minimum absolute atomic E-state index is 0.217. The summed E-state index contributed by atoms with van der Waals surface area (Å²) in [6.07, 6.45) is 1.55. The lowest BCUT2D eigenvalue weighted by atomic mass is 10.3. The molecule has 4 nitrogen and oxygen atoms in total. The van der Waals surface area contributed by atoms with Gasteiger partial charge in [-0.25, -0.2) is 22.6 Å². The molecule has 0 amide bonds. The number of benzene rings is 2. The van der Waals surface area contributed by atoms with Crippen LogP contribution in [-0.2, 0) is 10.0 Å². The van der Waals surface area contributed by atoms with Gasteiger partial charge in [0.2, 0.25) is 0 Å². The lowest BCUT2D eigenvalue weighted by Crippen LogP contribution is -2.42. The fourth-order valence-electron chi connectivity index (χ4n) is 1.97. The van der Waals surface area contributed by atoms with E-state index >= 15 is 0 Å². The maximum Gasteiger partial charge on any atom is 0.253 e. The van der Waals surface area contributed by atoms with E-state index in [1.54, 1.807) is 0 Å². The van der Waals surface area contributed by atoms with Gasteiger partial charge in [-0.2, -0.15) is 0 Å². The molecule has 0 bridgehead atoms. The van der Waals surface area contributed by atoms with Crippen LogP contribution in [0.15, 0.2) is 58.3 Å².